The van der Waals surface area contributed by atoms with Crippen LogP contribution in [0.1, 0.15) is 38.5 Å². The molecule has 4 aliphatic carbocycles. The zero-order valence-corrected chi connectivity index (χ0v) is 14.6. The smallest absolute Gasteiger partial charge is 0.238 e. The third-order valence-corrected chi connectivity index (χ3v) is 6.60. The van der Waals surface area contributed by atoms with Crippen molar-refractivity contribution in [2.45, 2.75) is 44.1 Å². The van der Waals surface area contributed by atoms with Gasteiger partial charge in [-0.1, -0.05) is 23.2 Å². The predicted octanol–water partition coefficient (Wildman–Crippen LogP) is 4.49. The highest BCUT2D eigenvalue weighted by Gasteiger charge is 2.50. The van der Waals surface area contributed by atoms with Crippen LogP contribution in [0.25, 0.3) is 0 Å². The highest BCUT2D eigenvalue weighted by molar-refractivity contribution is 6.42. The van der Waals surface area contributed by atoms with E-state index in [4.69, 9.17) is 23.2 Å². The van der Waals surface area contributed by atoms with Crippen LogP contribution in [-0.2, 0) is 4.79 Å². The van der Waals surface area contributed by atoms with Crippen molar-refractivity contribution in [1.82, 2.24) is 5.32 Å². The van der Waals surface area contributed by atoms with Crippen LogP contribution in [0.4, 0.5) is 5.69 Å². The van der Waals surface area contributed by atoms with E-state index in [0.717, 1.165) is 17.8 Å². The minimum Gasteiger partial charge on any atom is -0.325 e. The summed E-state index contributed by atoms with van der Waals surface area (Å²) in [5.41, 5.74) is 0.903. The first-order chi connectivity index (χ1) is 11.0. The van der Waals surface area contributed by atoms with Gasteiger partial charge in [-0.2, -0.15) is 0 Å². The van der Waals surface area contributed by atoms with Gasteiger partial charge in [0.2, 0.25) is 5.91 Å². The standard InChI is InChI=1S/C18H22Cl2N2O/c19-15-2-1-14(6-16(15)20)22-17(23)10-21-18-7-11-3-12(8-18)5-13(4-11)9-18/h1-2,6,11-13,21H,3-5,7-10H2,(H,22,23). The summed E-state index contributed by atoms with van der Waals surface area (Å²) < 4.78 is 0. The maximum absolute atomic E-state index is 12.3. The van der Waals surface area contributed by atoms with Crippen LogP contribution >= 0.6 is 23.2 Å². The highest BCUT2D eigenvalue weighted by atomic mass is 35.5. The van der Waals surface area contributed by atoms with Gasteiger partial charge >= 0.3 is 0 Å². The Bertz CT molecular complexity index is 596. The fourth-order valence-electron chi connectivity index (χ4n) is 5.37. The number of hydrogen-bond acceptors (Lipinski definition) is 2. The molecule has 0 aromatic heterocycles. The lowest BCUT2D eigenvalue weighted by molar-refractivity contribution is -0.116. The van der Waals surface area contributed by atoms with Gasteiger partial charge in [0, 0.05) is 11.2 Å². The molecule has 3 nitrogen and oxygen atoms in total. The Kier molecular flexibility index (Phi) is 4.07. The van der Waals surface area contributed by atoms with Crippen molar-refractivity contribution in [2.75, 3.05) is 11.9 Å². The molecule has 0 radical (unpaired) electrons. The predicted molar refractivity (Wildman–Crippen MR) is 94.0 cm³/mol. The first-order valence-electron chi connectivity index (χ1n) is 8.51. The Hall–Kier alpha value is -0.770. The van der Waals surface area contributed by atoms with E-state index in [9.17, 15) is 4.79 Å². The lowest BCUT2D eigenvalue weighted by Gasteiger charge is -2.57. The van der Waals surface area contributed by atoms with Gasteiger partial charge in [-0.15, -0.1) is 0 Å². The first-order valence-corrected chi connectivity index (χ1v) is 9.27. The Labute approximate surface area is 147 Å². The average molecular weight is 353 g/mol. The van der Waals surface area contributed by atoms with Crippen molar-refractivity contribution in [3.8, 4) is 0 Å². The van der Waals surface area contributed by atoms with Crippen LogP contribution < -0.4 is 10.6 Å². The summed E-state index contributed by atoms with van der Waals surface area (Å²) >= 11 is 11.9. The van der Waals surface area contributed by atoms with E-state index in [0.29, 0.717) is 22.3 Å². The van der Waals surface area contributed by atoms with Crippen molar-refractivity contribution in [1.29, 1.82) is 0 Å². The number of rotatable bonds is 4. The second-order valence-electron chi connectivity index (χ2n) is 7.73. The van der Waals surface area contributed by atoms with Crippen LogP contribution in [0, 0.1) is 17.8 Å². The Balaban J connectivity index is 1.35. The largest absolute Gasteiger partial charge is 0.325 e. The van der Waals surface area contributed by atoms with E-state index in [1.54, 1.807) is 18.2 Å². The summed E-state index contributed by atoms with van der Waals surface area (Å²) in [6.45, 7) is 0.367. The normalized spacial score (nSPS) is 34.6. The molecule has 4 aliphatic rings. The zero-order valence-electron chi connectivity index (χ0n) is 13.1. The van der Waals surface area contributed by atoms with Crippen LogP contribution in [-0.4, -0.2) is 18.0 Å². The first kappa shape index (κ1) is 15.7. The number of benzene rings is 1. The summed E-state index contributed by atoms with van der Waals surface area (Å²) in [6, 6.07) is 5.16. The Morgan fingerprint density at radius 3 is 2.22 bits per heavy atom. The minimum absolute atomic E-state index is 0.0147. The Morgan fingerprint density at radius 1 is 1.04 bits per heavy atom. The molecule has 5 rings (SSSR count). The quantitative estimate of drug-likeness (QED) is 0.837. The molecule has 0 saturated heterocycles. The minimum atomic E-state index is -0.0147. The molecule has 4 saturated carbocycles. The van der Waals surface area contributed by atoms with Crippen molar-refractivity contribution in [3.63, 3.8) is 0 Å². The molecule has 1 amide bonds. The average Bonchev–Trinajstić information content (AvgIpc) is 2.48. The van der Waals surface area contributed by atoms with Crippen LogP contribution in [0.3, 0.4) is 0 Å². The van der Waals surface area contributed by atoms with E-state index in [1.807, 2.05) is 0 Å². The maximum Gasteiger partial charge on any atom is 0.238 e. The summed E-state index contributed by atoms with van der Waals surface area (Å²) in [4.78, 5) is 12.3. The molecule has 1 aromatic carbocycles. The van der Waals surface area contributed by atoms with Gasteiger partial charge in [0.25, 0.3) is 0 Å². The van der Waals surface area contributed by atoms with E-state index in [-0.39, 0.29) is 11.4 Å². The molecular weight excluding hydrogens is 331 g/mol. The van der Waals surface area contributed by atoms with Crippen LogP contribution in [0.5, 0.6) is 0 Å². The monoisotopic (exact) mass is 352 g/mol. The number of carbonyl (C=O) groups excluding carboxylic acids is 1. The van der Waals surface area contributed by atoms with Crippen molar-refractivity contribution in [3.05, 3.63) is 28.2 Å². The van der Waals surface area contributed by atoms with Crippen molar-refractivity contribution >= 4 is 34.8 Å². The number of carbonyl (C=O) groups is 1. The van der Waals surface area contributed by atoms with Crippen LogP contribution in [0.15, 0.2) is 18.2 Å². The molecular formula is C18H22Cl2N2O. The van der Waals surface area contributed by atoms with E-state index in [2.05, 4.69) is 10.6 Å². The van der Waals surface area contributed by atoms with Crippen molar-refractivity contribution in [2.24, 2.45) is 17.8 Å². The Morgan fingerprint density at radius 2 is 1.65 bits per heavy atom. The molecule has 4 bridgehead atoms. The molecule has 124 valence electrons. The van der Waals surface area contributed by atoms with Gasteiger partial charge in [0.05, 0.1) is 16.6 Å². The number of nitrogens with one attached hydrogen (secondary N) is 2. The molecule has 5 heteroatoms. The highest BCUT2D eigenvalue weighted by Crippen LogP contribution is 2.55. The molecule has 0 spiro atoms. The lowest BCUT2D eigenvalue weighted by Crippen LogP contribution is -2.59. The van der Waals surface area contributed by atoms with Crippen molar-refractivity contribution < 1.29 is 4.79 Å². The molecule has 1 aromatic rings. The second kappa shape index (κ2) is 5.94. The molecule has 0 unspecified atom stereocenters. The number of amides is 1. The number of halogens is 2. The molecule has 0 heterocycles. The van der Waals surface area contributed by atoms with Gasteiger partial charge in [-0.3, -0.25) is 4.79 Å². The van der Waals surface area contributed by atoms with Crippen LogP contribution in [0.2, 0.25) is 10.0 Å². The summed E-state index contributed by atoms with van der Waals surface area (Å²) in [5.74, 6) is 2.63. The second-order valence-corrected chi connectivity index (χ2v) is 8.54. The van der Waals surface area contributed by atoms with Gasteiger partial charge in [0.1, 0.15) is 0 Å². The molecule has 0 atom stereocenters. The molecule has 0 aliphatic heterocycles. The van der Waals surface area contributed by atoms with E-state index < -0.39 is 0 Å². The van der Waals surface area contributed by atoms with Gasteiger partial charge < -0.3 is 10.6 Å². The fourth-order valence-corrected chi connectivity index (χ4v) is 5.67. The summed E-state index contributed by atoms with van der Waals surface area (Å²) in [6.07, 6.45) is 7.99. The van der Waals surface area contributed by atoms with E-state index >= 15 is 0 Å². The zero-order chi connectivity index (χ0) is 16.0. The summed E-state index contributed by atoms with van der Waals surface area (Å²) in [7, 11) is 0. The molecule has 23 heavy (non-hydrogen) atoms. The summed E-state index contributed by atoms with van der Waals surface area (Å²) in [5, 5.41) is 7.45. The maximum atomic E-state index is 12.3. The topological polar surface area (TPSA) is 41.1 Å². The lowest BCUT2D eigenvalue weighted by atomic mass is 9.53. The number of hydrogen-bond donors (Lipinski definition) is 2. The van der Waals surface area contributed by atoms with Gasteiger partial charge in [-0.05, 0) is 74.5 Å². The van der Waals surface area contributed by atoms with E-state index in [1.165, 1.54) is 38.5 Å². The third kappa shape index (κ3) is 3.24. The van der Waals surface area contributed by atoms with Gasteiger partial charge in [-0.25, -0.2) is 0 Å². The molecule has 4 fully saturated rings. The fraction of sp³-hybridized carbons (Fsp3) is 0.611. The van der Waals surface area contributed by atoms with Gasteiger partial charge in [0.15, 0.2) is 0 Å². The third-order valence-electron chi connectivity index (χ3n) is 5.87. The SMILES string of the molecule is O=C(CNC12CC3CC(CC(C3)C1)C2)Nc1ccc(Cl)c(Cl)c1. The number of anilines is 1. The molecule has 2 N–H and O–H groups in total.